The summed E-state index contributed by atoms with van der Waals surface area (Å²) in [6.45, 7) is 4.57. The number of nitrogens with one attached hydrogen (secondary N) is 2. The van der Waals surface area contributed by atoms with Crippen LogP contribution in [0.25, 0.3) is 0 Å². The molecule has 0 spiro atoms. The SMILES string of the molecule is COC(=O)c1c(C)[nH]c(C(=O)C(C)OC(=O)CCNC(=O)c2ccc([N+](=O)[O-])cc2)c1C. The molecule has 0 bridgehead atoms. The summed E-state index contributed by atoms with van der Waals surface area (Å²) >= 11 is 0. The number of nitro benzene ring substituents is 1. The lowest BCUT2D eigenvalue weighted by Crippen LogP contribution is -2.29. The molecule has 1 unspecified atom stereocenters. The maximum atomic E-state index is 12.6. The molecule has 32 heavy (non-hydrogen) atoms. The fraction of sp³-hybridized carbons (Fsp3) is 0.333. The number of benzene rings is 1. The van der Waals surface area contributed by atoms with E-state index in [2.05, 4.69) is 10.3 Å². The maximum absolute atomic E-state index is 12.6. The molecule has 0 aliphatic rings. The highest BCUT2D eigenvalue weighted by Crippen LogP contribution is 2.21. The van der Waals surface area contributed by atoms with E-state index in [1.165, 1.54) is 38.3 Å². The van der Waals surface area contributed by atoms with Crippen molar-refractivity contribution in [3.05, 3.63) is 62.5 Å². The van der Waals surface area contributed by atoms with Crippen molar-refractivity contribution in [3.63, 3.8) is 0 Å². The van der Waals surface area contributed by atoms with Crippen LogP contribution >= 0.6 is 0 Å². The molecule has 2 aromatic rings. The number of carbonyl (C=O) groups is 4. The van der Waals surface area contributed by atoms with Crippen molar-refractivity contribution in [3.8, 4) is 0 Å². The number of methoxy groups -OCH3 is 1. The van der Waals surface area contributed by atoms with Crippen LogP contribution in [0.4, 0.5) is 5.69 Å². The van der Waals surface area contributed by atoms with Crippen LogP contribution in [0.2, 0.25) is 0 Å². The molecule has 0 aliphatic heterocycles. The van der Waals surface area contributed by atoms with Gasteiger partial charge >= 0.3 is 11.9 Å². The van der Waals surface area contributed by atoms with Crippen molar-refractivity contribution in [2.75, 3.05) is 13.7 Å². The first-order valence-corrected chi connectivity index (χ1v) is 9.60. The molecule has 0 radical (unpaired) electrons. The van der Waals surface area contributed by atoms with Crippen LogP contribution in [0.1, 0.15) is 55.8 Å². The number of non-ortho nitro benzene ring substituents is 1. The van der Waals surface area contributed by atoms with Gasteiger partial charge in [0.25, 0.3) is 11.6 Å². The lowest BCUT2D eigenvalue weighted by molar-refractivity contribution is -0.384. The molecule has 11 nitrogen and oxygen atoms in total. The van der Waals surface area contributed by atoms with Crippen molar-refractivity contribution in [1.29, 1.82) is 0 Å². The van der Waals surface area contributed by atoms with Crippen LogP contribution < -0.4 is 5.32 Å². The van der Waals surface area contributed by atoms with E-state index < -0.39 is 34.7 Å². The van der Waals surface area contributed by atoms with Gasteiger partial charge in [0.2, 0.25) is 5.78 Å². The van der Waals surface area contributed by atoms with Crippen molar-refractivity contribution >= 4 is 29.3 Å². The first-order chi connectivity index (χ1) is 15.1. The largest absolute Gasteiger partial charge is 0.465 e. The van der Waals surface area contributed by atoms with Crippen LogP contribution in [-0.2, 0) is 14.3 Å². The third-order valence-electron chi connectivity index (χ3n) is 4.71. The molecular formula is C21H23N3O8. The monoisotopic (exact) mass is 445 g/mol. The summed E-state index contributed by atoms with van der Waals surface area (Å²) in [5.41, 5.74) is 1.32. The molecule has 1 aromatic heterocycles. The normalized spacial score (nSPS) is 11.4. The molecular weight excluding hydrogens is 422 g/mol. The fourth-order valence-corrected chi connectivity index (χ4v) is 3.03. The number of Topliss-reactive ketones (excluding diaryl/α,β-unsaturated/α-hetero) is 1. The third kappa shape index (κ3) is 5.56. The number of nitro groups is 1. The smallest absolute Gasteiger partial charge is 0.339 e. The van der Waals surface area contributed by atoms with Gasteiger partial charge in [-0.2, -0.15) is 0 Å². The number of carbonyl (C=O) groups excluding carboxylic acids is 4. The number of aryl methyl sites for hydroxylation is 1. The summed E-state index contributed by atoms with van der Waals surface area (Å²) in [4.78, 5) is 61.5. The van der Waals surface area contributed by atoms with Crippen LogP contribution in [-0.4, -0.2) is 53.3 Å². The predicted octanol–water partition coefficient (Wildman–Crippen LogP) is 2.26. The molecule has 0 aliphatic carbocycles. The summed E-state index contributed by atoms with van der Waals surface area (Å²) in [6, 6.07) is 5.00. The zero-order valence-corrected chi connectivity index (χ0v) is 18.0. The molecule has 1 aromatic carbocycles. The second-order valence-electron chi connectivity index (χ2n) is 6.92. The molecule has 1 heterocycles. The first kappa shape index (κ1) is 24.3. The number of nitrogens with zero attached hydrogens (tertiary/aromatic N) is 1. The molecule has 1 amide bonds. The molecule has 170 valence electrons. The summed E-state index contributed by atoms with van der Waals surface area (Å²) in [6.07, 6.45) is -1.30. The van der Waals surface area contributed by atoms with Gasteiger partial charge in [-0.3, -0.25) is 24.5 Å². The van der Waals surface area contributed by atoms with Gasteiger partial charge in [-0.25, -0.2) is 4.79 Å². The van der Waals surface area contributed by atoms with Crippen LogP contribution in [0, 0.1) is 24.0 Å². The maximum Gasteiger partial charge on any atom is 0.339 e. The first-order valence-electron chi connectivity index (χ1n) is 9.60. The summed E-state index contributed by atoms with van der Waals surface area (Å²) in [7, 11) is 1.24. The Morgan fingerprint density at radius 1 is 1.16 bits per heavy atom. The Morgan fingerprint density at radius 3 is 2.34 bits per heavy atom. The Bertz CT molecular complexity index is 1060. The van der Waals surface area contributed by atoms with Crippen LogP contribution in [0.5, 0.6) is 0 Å². The van der Waals surface area contributed by atoms with E-state index in [0.29, 0.717) is 11.3 Å². The third-order valence-corrected chi connectivity index (χ3v) is 4.71. The van der Waals surface area contributed by atoms with Gasteiger partial charge in [0.1, 0.15) is 0 Å². The second-order valence-corrected chi connectivity index (χ2v) is 6.92. The Hall–Kier alpha value is -4.02. The summed E-state index contributed by atoms with van der Waals surface area (Å²) < 4.78 is 9.84. The standard InChI is InChI=1S/C21H23N3O8/c1-11-17(21(28)31-4)12(2)23-18(11)19(26)13(3)32-16(25)9-10-22-20(27)14-5-7-15(8-6-14)24(29)30/h5-8,13,23H,9-10H2,1-4H3,(H,22,27). The van der Waals surface area contributed by atoms with Crippen LogP contribution in [0.15, 0.2) is 24.3 Å². The highest BCUT2D eigenvalue weighted by atomic mass is 16.6. The van der Waals surface area contributed by atoms with E-state index in [1.54, 1.807) is 13.8 Å². The molecule has 11 heteroatoms. The lowest BCUT2D eigenvalue weighted by Gasteiger charge is -2.12. The zero-order valence-electron chi connectivity index (χ0n) is 18.0. The number of aromatic amines is 1. The van der Waals surface area contributed by atoms with E-state index in [9.17, 15) is 29.3 Å². The Balaban J connectivity index is 1.89. The minimum atomic E-state index is -1.12. The van der Waals surface area contributed by atoms with Gasteiger partial charge < -0.3 is 19.8 Å². The molecule has 1 atom stereocenters. The average Bonchev–Trinajstić information content (AvgIpc) is 3.06. The number of amides is 1. The Morgan fingerprint density at radius 2 is 1.78 bits per heavy atom. The minimum absolute atomic E-state index is 0.0529. The number of ketones is 1. The average molecular weight is 445 g/mol. The summed E-state index contributed by atoms with van der Waals surface area (Å²) in [5, 5.41) is 13.1. The van der Waals surface area contributed by atoms with Crippen molar-refractivity contribution in [2.45, 2.75) is 33.3 Å². The topological polar surface area (TPSA) is 158 Å². The Kier molecular flexibility index (Phi) is 7.83. The molecule has 2 rings (SSSR count). The Labute approximate surface area is 183 Å². The minimum Gasteiger partial charge on any atom is -0.465 e. The molecule has 2 N–H and O–H groups in total. The number of esters is 2. The van der Waals surface area contributed by atoms with Crippen molar-refractivity contribution < 1.29 is 33.6 Å². The van der Waals surface area contributed by atoms with Crippen molar-refractivity contribution in [2.24, 2.45) is 0 Å². The molecule has 0 saturated carbocycles. The van der Waals surface area contributed by atoms with Gasteiger partial charge in [-0.05, 0) is 38.5 Å². The van der Waals surface area contributed by atoms with E-state index in [4.69, 9.17) is 9.47 Å². The number of hydrogen-bond acceptors (Lipinski definition) is 8. The number of aromatic nitrogens is 1. The van der Waals surface area contributed by atoms with Gasteiger partial charge in [0.05, 0.1) is 29.7 Å². The van der Waals surface area contributed by atoms with Gasteiger partial charge in [-0.15, -0.1) is 0 Å². The highest BCUT2D eigenvalue weighted by Gasteiger charge is 2.27. The van der Waals surface area contributed by atoms with Gasteiger partial charge in [0.15, 0.2) is 6.10 Å². The van der Waals surface area contributed by atoms with E-state index >= 15 is 0 Å². The predicted molar refractivity (Wildman–Crippen MR) is 112 cm³/mol. The fourth-order valence-electron chi connectivity index (χ4n) is 3.03. The van der Waals surface area contributed by atoms with Gasteiger partial charge in [-0.1, -0.05) is 0 Å². The van der Waals surface area contributed by atoms with Gasteiger partial charge in [0, 0.05) is 29.9 Å². The number of H-pyrrole nitrogens is 1. The zero-order chi connectivity index (χ0) is 24.0. The summed E-state index contributed by atoms with van der Waals surface area (Å²) in [5.74, 6) is -2.30. The van der Waals surface area contributed by atoms with E-state index in [0.717, 1.165) is 0 Å². The second kappa shape index (κ2) is 10.3. The quantitative estimate of drug-likeness (QED) is 0.257. The van der Waals surface area contributed by atoms with Crippen molar-refractivity contribution in [1.82, 2.24) is 10.3 Å². The number of rotatable bonds is 9. The number of hydrogen-bond donors (Lipinski definition) is 2. The van der Waals surface area contributed by atoms with E-state index in [1.807, 2.05) is 0 Å². The highest BCUT2D eigenvalue weighted by molar-refractivity contribution is 6.04. The van der Waals surface area contributed by atoms with E-state index in [-0.39, 0.29) is 35.5 Å². The lowest BCUT2D eigenvalue weighted by atomic mass is 10.1. The number of ether oxygens (including phenoxy) is 2. The molecule has 0 fully saturated rings. The van der Waals surface area contributed by atoms with Crippen LogP contribution in [0.3, 0.4) is 0 Å². The molecule has 0 saturated heterocycles.